The Kier molecular flexibility index (Phi) is 3.81. The highest BCUT2D eigenvalue weighted by molar-refractivity contribution is 4.65. The summed E-state index contributed by atoms with van der Waals surface area (Å²) in [6.45, 7) is 4.19. The van der Waals surface area contributed by atoms with Crippen molar-refractivity contribution in [2.75, 3.05) is 0 Å². The quantitative estimate of drug-likeness (QED) is 0.620. The van der Waals surface area contributed by atoms with E-state index < -0.39 is 0 Å². The van der Waals surface area contributed by atoms with Gasteiger partial charge in [-0.2, -0.15) is 5.21 Å². The number of hydrogen-bond donors (Lipinski definition) is 1. The lowest BCUT2D eigenvalue weighted by Gasteiger charge is -1.85. The minimum absolute atomic E-state index is 0. The number of nitrogens with one attached hydrogen (secondary N) is 1. The Morgan fingerprint density at radius 3 is 2.85 bits per heavy atom. The third-order valence-corrected chi connectivity index (χ3v) is 0.977. The molecule has 0 aliphatic carbocycles. The minimum Gasteiger partial charge on any atom is -0.229 e. The van der Waals surface area contributed by atoms with E-state index >= 15 is 0 Å². The van der Waals surface area contributed by atoms with Crippen LogP contribution in [0, 0.1) is 0 Å². The SMILES string of the molecule is C=CCn1cnnn1.[3HH].c1nn[nH]n1. The smallest absolute Gasteiger partial charge is 0.161 e. The first-order chi connectivity index (χ1) is 6.43. The summed E-state index contributed by atoms with van der Waals surface area (Å²) in [5, 5.41) is 22.6. The average Bonchev–Trinajstić information content (AvgIpc) is 2.79. The number of nitrogens with zero attached hydrogens (tertiary/aromatic N) is 7. The second-order valence-corrected chi connectivity index (χ2v) is 1.88. The molecule has 0 saturated heterocycles. The Bertz CT molecular complexity index is 285. The maximum Gasteiger partial charge on any atom is 0.161 e. The minimum atomic E-state index is 0. The number of H-pyrrole nitrogens is 1. The first kappa shape index (κ1) is 8.97. The van der Waals surface area contributed by atoms with Crippen LogP contribution in [0.1, 0.15) is 1.43 Å². The second kappa shape index (κ2) is 5.52. The summed E-state index contributed by atoms with van der Waals surface area (Å²) in [6, 6.07) is 0. The van der Waals surface area contributed by atoms with E-state index in [4.69, 9.17) is 0 Å². The van der Waals surface area contributed by atoms with Gasteiger partial charge < -0.3 is 0 Å². The van der Waals surface area contributed by atoms with Crippen LogP contribution in [0.15, 0.2) is 25.3 Å². The highest BCUT2D eigenvalue weighted by atomic mass is 15.5. The van der Waals surface area contributed by atoms with E-state index in [1.165, 1.54) is 6.33 Å². The van der Waals surface area contributed by atoms with E-state index in [-0.39, 0.29) is 1.43 Å². The molecule has 0 fully saturated rings. The van der Waals surface area contributed by atoms with Gasteiger partial charge in [-0.15, -0.1) is 21.9 Å². The highest BCUT2D eigenvalue weighted by Crippen LogP contribution is 1.74. The Balaban J connectivity index is 0.000000246. The van der Waals surface area contributed by atoms with Crippen molar-refractivity contribution in [1.29, 1.82) is 0 Å². The summed E-state index contributed by atoms with van der Waals surface area (Å²) >= 11 is 0. The zero-order valence-corrected chi connectivity index (χ0v) is 6.78. The summed E-state index contributed by atoms with van der Waals surface area (Å²) in [6.07, 6.45) is 4.61. The molecule has 0 bridgehead atoms. The Morgan fingerprint density at radius 1 is 1.54 bits per heavy atom. The summed E-state index contributed by atoms with van der Waals surface area (Å²) in [5.41, 5.74) is 0. The molecule has 2 aromatic rings. The van der Waals surface area contributed by atoms with Gasteiger partial charge >= 0.3 is 0 Å². The summed E-state index contributed by atoms with van der Waals surface area (Å²) in [4.78, 5) is 0. The van der Waals surface area contributed by atoms with Crippen molar-refractivity contribution in [3.8, 4) is 0 Å². The molecular weight excluding hydrogens is 172 g/mol. The molecule has 0 aromatic carbocycles. The van der Waals surface area contributed by atoms with Gasteiger partial charge in [0.25, 0.3) is 0 Å². The molecule has 0 amide bonds. The van der Waals surface area contributed by atoms with E-state index in [0.717, 1.165) is 0 Å². The van der Waals surface area contributed by atoms with Gasteiger partial charge in [0.1, 0.15) is 6.33 Å². The lowest BCUT2D eigenvalue weighted by molar-refractivity contribution is 0.660. The van der Waals surface area contributed by atoms with E-state index in [0.29, 0.717) is 6.54 Å². The molecule has 2 heterocycles. The fourth-order valence-corrected chi connectivity index (χ4v) is 0.525. The molecular formula is C5H10N8. The van der Waals surface area contributed by atoms with Crippen LogP contribution in [-0.2, 0) is 6.54 Å². The number of rotatable bonds is 2. The lowest BCUT2D eigenvalue weighted by Crippen LogP contribution is -1.94. The molecule has 0 saturated carbocycles. The molecule has 70 valence electrons. The molecule has 0 aliphatic rings. The van der Waals surface area contributed by atoms with E-state index in [1.807, 2.05) is 0 Å². The van der Waals surface area contributed by atoms with Gasteiger partial charge in [0, 0.05) is 1.43 Å². The topological polar surface area (TPSA) is 98.1 Å². The van der Waals surface area contributed by atoms with Crippen LogP contribution in [0.2, 0.25) is 0 Å². The van der Waals surface area contributed by atoms with Crippen LogP contribution in [0.5, 0.6) is 0 Å². The molecule has 0 aliphatic heterocycles. The van der Waals surface area contributed by atoms with Crippen LogP contribution >= 0.6 is 0 Å². The van der Waals surface area contributed by atoms with Crippen LogP contribution in [-0.4, -0.2) is 40.8 Å². The fraction of sp³-hybridized carbons (Fsp3) is 0.200. The summed E-state index contributed by atoms with van der Waals surface area (Å²) < 4.78 is 1.59. The number of allylic oxidation sites excluding steroid dienone is 1. The predicted octanol–water partition coefficient (Wildman–Crippen LogP) is -0.695. The molecule has 1 N–H and O–H groups in total. The second-order valence-electron chi connectivity index (χ2n) is 1.88. The molecule has 13 heavy (non-hydrogen) atoms. The molecule has 2 rings (SSSR count). The molecule has 2 aromatic heterocycles. The molecule has 8 nitrogen and oxygen atoms in total. The third kappa shape index (κ3) is 3.70. The van der Waals surface area contributed by atoms with Gasteiger partial charge in [0.15, 0.2) is 6.33 Å². The van der Waals surface area contributed by atoms with Crippen molar-refractivity contribution < 1.29 is 1.43 Å². The molecule has 8 heteroatoms. The Hall–Kier alpha value is -2.12. The van der Waals surface area contributed by atoms with Crippen molar-refractivity contribution >= 4 is 0 Å². The van der Waals surface area contributed by atoms with Crippen LogP contribution in [0.25, 0.3) is 0 Å². The third-order valence-electron chi connectivity index (χ3n) is 0.977. The van der Waals surface area contributed by atoms with Crippen molar-refractivity contribution in [1.82, 2.24) is 40.8 Å². The maximum absolute atomic E-state index is 3.59. The van der Waals surface area contributed by atoms with E-state index in [2.05, 4.69) is 42.7 Å². The van der Waals surface area contributed by atoms with Gasteiger partial charge in [0.05, 0.1) is 6.54 Å². The Morgan fingerprint density at radius 2 is 2.46 bits per heavy atom. The van der Waals surface area contributed by atoms with Crippen molar-refractivity contribution in [2.45, 2.75) is 6.54 Å². The normalized spacial score (nSPS) is 8.62. The molecule has 0 radical (unpaired) electrons. The summed E-state index contributed by atoms with van der Waals surface area (Å²) in [5.74, 6) is 0. The van der Waals surface area contributed by atoms with Crippen LogP contribution in [0.3, 0.4) is 0 Å². The number of aromatic nitrogens is 8. The standard InChI is InChI=1S/C4H6N4.CH2N4.H2/c1-2-3-8-4-5-6-7-8;1-2-4-5-3-1;/h2,4H,1,3H2;1H,(H,2,3,4,5);1H/i;;1+2. The number of aromatic amines is 1. The zero-order chi connectivity index (χ0) is 9.36. The van der Waals surface area contributed by atoms with Crippen molar-refractivity contribution in [2.24, 2.45) is 0 Å². The highest BCUT2D eigenvalue weighted by Gasteiger charge is 1.82. The molecule has 0 unspecified atom stereocenters. The fourth-order valence-electron chi connectivity index (χ4n) is 0.525. The lowest BCUT2D eigenvalue weighted by atomic mass is 10.6. The van der Waals surface area contributed by atoms with Gasteiger partial charge in [-0.25, -0.2) is 4.68 Å². The Labute approximate surface area is 75.1 Å². The predicted molar refractivity (Wildman–Crippen MR) is 44.3 cm³/mol. The van der Waals surface area contributed by atoms with E-state index in [1.54, 1.807) is 17.1 Å². The van der Waals surface area contributed by atoms with Gasteiger partial charge in [-0.3, -0.25) is 0 Å². The molecule has 0 spiro atoms. The van der Waals surface area contributed by atoms with Gasteiger partial charge in [-0.05, 0) is 10.4 Å². The first-order valence-electron chi connectivity index (χ1n) is 3.41. The van der Waals surface area contributed by atoms with E-state index in [9.17, 15) is 0 Å². The average molecular weight is 184 g/mol. The van der Waals surface area contributed by atoms with Crippen LogP contribution in [0.4, 0.5) is 0 Å². The monoisotopic (exact) mass is 184 g/mol. The zero-order valence-electron chi connectivity index (χ0n) is 6.78. The maximum atomic E-state index is 3.59. The van der Waals surface area contributed by atoms with Crippen LogP contribution < -0.4 is 0 Å². The summed E-state index contributed by atoms with van der Waals surface area (Å²) in [7, 11) is 0. The largest absolute Gasteiger partial charge is 0.229 e. The molecule has 0 atom stereocenters. The number of hydrogen-bond acceptors (Lipinski definition) is 6. The van der Waals surface area contributed by atoms with Crippen molar-refractivity contribution in [3.63, 3.8) is 0 Å². The van der Waals surface area contributed by atoms with Crippen molar-refractivity contribution in [3.05, 3.63) is 25.3 Å². The van der Waals surface area contributed by atoms with Gasteiger partial charge in [0.2, 0.25) is 0 Å². The first-order valence-corrected chi connectivity index (χ1v) is 3.41. The number of tetrazole rings is 2. The van der Waals surface area contributed by atoms with Gasteiger partial charge in [-0.1, -0.05) is 11.3 Å².